The van der Waals surface area contributed by atoms with Gasteiger partial charge in [0.25, 0.3) is 0 Å². The van der Waals surface area contributed by atoms with E-state index in [2.05, 4.69) is 4.99 Å². The van der Waals surface area contributed by atoms with Gasteiger partial charge in [-0.15, -0.1) is 0 Å². The molecule has 0 saturated heterocycles. The maximum absolute atomic E-state index is 13.4. The Morgan fingerprint density at radius 1 is 1.07 bits per heavy atom. The molecule has 0 radical (unpaired) electrons. The van der Waals surface area contributed by atoms with Crippen LogP contribution in [0.25, 0.3) is 21.7 Å². The number of aliphatic imine (C=N–C) groups is 1. The van der Waals surface area contributed by atoms with Crippen LogP contribution in [0.2, 0.25) is 0 Å². The fourth-order valence-corrected chi connectivity index (χ4v) is 7.55. The van der Waals surface area contributed by atoms with Crippen molar-refractivity contribution in [1.29, 1.82) is 0 Å². The Hall–Kier alpha value is -4.84. The lowest BCUT2D eigenvalue weighted by Crippen LogP contribution is -2.58. The van der Waals surface area contributed by atoms with Crippen molar-refractivity contribution in [2.24, 2.45) is 4.99 Å². The van der Waals surface area contributed by atoms with Gasteiger partial charge in [-0.1, -0.05) is 6.07 Å². The molecule has 8 N–H and O–H groups in total. The molecule has 3 aliphatic heterocycles. The highest BCUT2D eigenvalue weighted by atomic mass is 17.2. The van der Waals surface area contributed by atoms with Crippen LogP contribution < -0.4 is 15.1 Å². The van der Waals surface area contributed by atoms with Gasteiger partial charge in [0.05, 0.1) is 24.2 Å². The van der Waals surface area contributed by atoms with E-state index in [1.165, 1.54) is 36.4 Å². The lowest BCUT2D eigenvalue weighted by Gasteiger charge is -2.43. The van der Waals surface area contributed by atoms with Crippen molar-refractivity contribution in [3.05, 3.63) is 93.1 Å². The van der Waals surface area contributed by atoms with Crippen molar-refractivity contribution >= 4 is 33.6 Å². The molecule has 0 aliphatic carbocycles. The molecule has 15 heteroatoms. The predicted octanol–water partition coefficient (Wildman–Crippen LogP) is 2.17. The first-order valence-electron chi connectivity index (χ1n) is 18.0. The zero-order valence-corrected chi connectivity index (χ0v) is 30.3. The van der Waals surface area contributed by atoms with Gasteiger partial charge in [-0.25, -0.2) is 9.78 Å². The molecule has 6 unspecified atom stereocenters. The lowest BCUT2D eigenvalue weighted by atomic mass is 9.84. The molecule has 0 bridgehead atoms. The zero-order valence-electron chi connectivity index (χ0n) is 30.3. The van der Waals surface area contributed by atoms with Gasteiger partial charge >= 0.3 is 0 Å². The van der Waals surface area contributed by atoms with Crippen LogP contribution in [0.15, 0.2) is 80.2 Å². The Morgan fingerprint density at radius 3 is 2.62 bits per heavy atom. The number of aromatic hydroxyl groups is 2. The molecule has 15 nitrogen and oxygen atoms in total. The number of benzene rings is 3. The van der Waals surface area contributed by atoms with E-state index in [-0.39, 0.29) is 36.4 Å². The van der Waals surface area contributed by atoms with Crippen molar-refractivity contribution in [2.45, 2.75) is 75.1 Å². The summed E-state index contributed by atoms with van der Waals surface area (Å²) in [7, 11) is 0. The van der Waals surface area contributed by atoms with Crippen molar-refractivity contribution in [1.82, 2.24) is 0 Å². The van der Waals surface area contributed by atoms with Gasteiger partial charge < -0.3 is 54.9 Å². The molecular formula is C40H44N2O13. The summed E-state index contributed by atoms with van der Waals surface area (Å²) in [4.78, 5) is 31.4. The normalized spacial score (nSPS) is 21.8. The monoisotopic (exact) mass is 760 g/mol. The number of aliphatic hydroxyl groups excluding tert-OH is 5. The van der Waals surface area contributed by atoms with Crippen LogP contribution in [-0.2, 0) is 22.6 Å². The first kappa shape index (κ1) is 38.4. The third kappa shape index (κ3) is 7.21. The molecule has 0 amide bonds. The number of anilines is 1. The molecule has 0 saturated carbocycles. The number of phenolic OH excluding ortho intramolecular Hbond substituents is 2. The van der Waals surface area contributed by atoms with Crippen molar-refractivity contribution in [3.8, 4) is 17.2 Å². The summed E-state index contributed by atoms with van der Waals surface area (Å²) >= 11 is 0. The van der Waals surface area contributed by atoms with E-state index in [4.69, 9.17) is 18.9 Å². The van der Waals surface area contributed by atoms with E-state index in [0.717, 1.165) is 11.3 Å². The Bertz CT molecular complexity index is 2270. The fourth-order valence-electron chi connectivity index (χ4n) is 7.55. The summed E-state index contributed by atoms with van der Waals surface area (Å²) < 4.78 is 13.0. The highest BCUT2D eigenvalue weighted by Crippen LogP contribution is 2.48. The lowest BCUT2D eigenvalue weighted by molar-refractivity contribution is -0.371. The second-order valence-electron chi connectivity index (χ2n) is 14.7. The topological polar surface area (TPSA) is 235 Å². The molecule has 4 aromatic rings. The van der Waals surface area contributed by atoms with E-state index in [0.29, 0.717) is 63.0 Å². The third-order valence-electron chi connectivity index (χ3n) is 10.6. The molecule has 6 atom stereocenters. The minimum atomic E-state index is -2.39. The molecule has 3 aliphatic rings. The van der Waals surface area contributed by atoms with E-state index in [1.807, 2.05) is 17.2 Å². The number of hydrogen-bond donors (Lipinski definition) is 8. The van der Waals surface area contributed by atoms with Crippen LogP contribution in [0, 0.1) is 6.92 Å². The number of rotatable bonds is 14. The van der Waals surface area contributed by atoms with Crippen LogP contribution >= 0.6 is 0 Å². The van der Waals surface area contributed by atoms with E-state index >= 15 is 0 Å². The largest absolute Gasteiger partial charge is 0.508 e. The number of fused-ring (bicyclic) bond motifs is 4. The minimum Gasteiger partial charge on any atom is -0.508 e. The molecule has 0 fully saturated rings. The first-order chi connectivity index (χ1) is 26.2. The van der Waals surface area contributed by atoms with Gasteiger partial charge in [-0.2, -0.15) is 0 Å². The Kier molecular flexibility index (Phi) is 10.5. The van der Waals surface area contributed by atoms with Gasteiger partial charge in [-0.05, 0) is 74.0 Å². The Balaban J connectivity index is 1.23. The minimum absolute atomic E-state index is 0.100. The Morgan fingerprint density at radius 2 is 1.87 bits per heavy atom. The molecule has 4 heterocycles. The number of ether oxygens (including phenoxy) is 1. The number of nitrogens with zero attached hydrogens (tertiary/aromatic N) is 2. The predicted molar refractivity (Wildman–Crippen MR) is 200 cm³/mol. The number of aryl methyl sites for hydroxylation is 1. The van der Waals surface area contributed by atoms with Crippen LogP contribution in [-0.4, -0.2) is 109 Å². The van der Waals surface area contributed by atoms with Crippen molar-refractivity contribution in [2.75, 3.05) is 31.3 Å². The van der Waals surface area contributed by atoms with Gasteiger partial charge in [0, 0.05) is 54.5 Å². The third-order valence-corrected chi connectivity index (χ3v) is 10.6. The van der Waals surface area contributed by atoms with Crippen LogP contribution in [0.4, 0.5) is 5.69 Å². The fraction of sp³-hybridized carbons (Fsp3) is 0.400. The van der Waals surface area contributed by atoms with E-state index in [1.54, 1.807) is 26.1 Å². The summed E-state index contributed by atoms with van der Waals surface area (Å²) in [5, 5.41) is 85.3. The smallest absolute Gasteiger partial charge is 0.193 e. The molecule has 7 rings (SSSR count). The standard InChI is InChI=1S/C40H44N2O13/c1-21-12-31(47)28-13-24-14-33(39(2,9-3-11-43)54-36(24)34(37(28)53-21)42-17-23-8-10-41-29(23)18-42)55-52-20-40(51,38(50)35(49)32(48)19-44)16-22-4-7-30(46)26-6-5-25(45)15-27(22)26/h4-8,10,12-13,15,18,32-33,35,38,43-46,48-51H,3,9,11,14,16-17,19-20H2,1-2H3. The van der Waals surface area contributed by atoms with Gasteiger partial charge in [0.15, 0.2) is 16.8 Å². The summed E-state index contributed by atoms with van der Waals surface area (Å²) in [5.74, 6) is 0.632. The molecule has 1 aromatic heterocycles. The number of phenols is 2. The number of allylic oxidation sites excluding steroid dienone is 1. The average molecular weight is 761 g/mol. The molecule has 3 aromatic carbocycles. The molecular weight excluding hydrogens is 716 g/mol. The average Bonchev–Trinajstić information content (AvgIpc) is 3.77. The summed E-state index contributed by atoms with van der Waals surface area (Å²) in [6.45, 7) is 2.06. The van der Waals surface area contributed by atoms with Crippen LogP contribution in [0.1, 0.15) is 36.7 Å². The zero-order chi connectivity index (χ0) is 39.2. The van der Waals surface area contributed by atoms with Crippen molar-refractivity contribution < 1.29 is 59.8 Å². The quantitative estimate of drug-likeness (QED) is 0.0680. The maximum atomic E-state index is 13.4. The molecule has 0 spiro atoms. The summed E-state index contributed by atoms with van der Waals surface area (Å²) in [5.41, 5.74) is -0.269. The highest BCUT2D eigenvalue weighted by Gasteiger charge is 2.47. The van der Waals surface area contributed by atoms with E-state index < -0.39 is 55.3 Å². The van der Waals surface area contributed by atoms with Gasteiger partial charge in [0.2, 0.25) is 0 Å². The molecule has 292 valence electrons. The summed E-state index contributed by atoms with van der Waals surface area (Å²) in [6.07, 6.45) is -1.10. The van der Waals surface area contributed by atoms with Crippen molar-refractivity contribution in [3.63, 3.8) is 0 Å². The maximum Gasteiger partial charge on any atom is 0.193 e. The van der Waals surface area contributed by atoms with Gasteiger partial charge in [0.1, 0.15) is 65.2 Å². The second-order valence-corrected chi connectivity index (χ2v) is 14.7. The second kappa shape index (κ2) is 15.0. The SMILES string of the molecule is Cc1cc(=O)c2cc3c(c(N4C=C5N=CC=C5C4)c2o1)OC(C)(CCCO)C(OOCC(O)(Cc1ccc(O)c2ccc(O)cc12)C(O)C(O)C(O)CO)C3. The van der Waals surface area contributed by atoms with Crippen LogP contribution in [0.3, 0.4) is 0 Å². The number of hydrogen-bond acceptors (Lipinski definition) is 15. The van der Waals surface area contributed by atoms with Crippen LogP contribution in [0.5, 0.6) is 17.2 Å². The molecule has 55 heavy (non-hydrogen) atoms. The highest BCUT2D eigenvalue weighted by molar-refractivity contribution is 5.96. The Labute approximate surface area is 314 Å². The van der Waals surface area contributed by atoms with E-state index in [9.17, 15) is 45.6 Å². The van der Waals surface area contributed by atoms with Gasteiger partial charge in [-0.3, -0.25) is 9.79 Å². The number of aliphatic hydroxyl groups is 6. The first-order valence-corrected chi connectivity index (χ1v) is 18.0. The summed E-state index contributed by atoms with van der Waals surface area (Å²) in [6, 6.07) is 10.1.